The van der Waals surface area contributed by atoms with Crippen molar-refractivity contribution in [3.05, 3.63) is 11.6 Å². The molecule has 4 fully saturated rings. The number of carbonyl (C=O) groups is 1. The van der Waals surface area contributed by atoms with E-state index in [4.69, 9.17) is 14.2 Å². The van der Waals surface area contributed by atoms with Crippen LogP contribution >= 0.6 is 0 Å². The minimum absolute atomic E-state index is 0.0744. The Hall–Kier alpha value is -1.07. The Balaban J connectivity index is 1.50. The zero-order valence-corrected chi connectivity index (χ0v) is 27.8. The van der Waals surface area contributed by atoms with Gasteiger partial charge >= 0.3 is 5.97 Å². The van der Waals surface area contributed by atoms with Gasteiger partial charge < -0.3 is 39.7 Å². The fourth-order valence-electron chi connectivity index (χ4n) is 10.5. The second-order valence-corrected chi connectivity index (χ2v) is 16.0. The van der Waals surface area contributed by atoms with Crippen molar-refractivity contribution in [1.29, 1.82) is 0 Å². The Bertz CT molecular complexity index is 1060. The van der Waals surface area contributed by atoms with E-state index in [9.17, 15) is 30.3 Å². The molecule has 16 atom stereocenters. The summed E-state index contributed by atoms with van der Waals surface area (Å²) in [5, 5.41) is 55.4. The van der Waals surface area contributed by atoms with Crippen molar-refractivity contribution in [1.82, 2.24) is 0 Å². The summed E-state index contributed by atoms with van der Waals surface area (Å²) in [4.78, 5) is 12.0. The van der Waals surface area contributed by atoms with Crippen LogP contribution < -0.4 is 0 Å². The van der Waals surface area contributed by atoms with Crippen LogP contribution in [0.2, 0.25) is 0 Å². The van der Waals surface area contributed by atoms with Gasteiger partial charge in [0.25, 0.3) is 0 Å². The summed E-state index contributed by atoms with van der Waals surface area (Å²) in [6.07, 6.45) is 0.875. The average molecular weight is 623 g/mol. The maximum Gasteiger partial charge on any atom is 0.303 e. The molecule has 1 aliphatic heterocycles. The van der Waals surface area contributed by atoms with Crippen LogP contribution in [0.3, 0.4) is 0 Å². The molecule has 0 aromatic carbocycles. The summed E-state index contributed by atoms with van der Waals surface area (Å²) in [6, 6.07) is 0. The summed E-state index contributed by atoms with van der Waals surface area (Å²) in [5.41, 5.74) is 0.776. The minimum Gasteiger partial charge on any atom is -0.454 e. The fourth-order valence-corrected chi connectivity index (χ4v) is 10.5. The van der Waals surface area contributed by atoms with Gasteiger partial charge in [-0.2, -0.15) is 0 Å². The predicted octanol–water partition coefficient (Wildman–Crippen LogP) is 3.72. The zero-order chi connectivity index (χ0) is 32.3. The molecule has 9 nitrogen and oxygen atoms in total. The first-order valence-corrected chi connectivity index (χ1v) is 17.2. The molecule has 252 valence electrons. The van der Waals surface area contributed by atoms with Crippen molar-refractivity contribution in [2.24, 2.45) is 46.3 Å². The highest BCUT2D eigenvalue weighted by atomic mass is 16.7. The quantitative estimate of drug-likeness (QED) is 0.202. The second kappa shape index (κ2) is 12.9. The van der Waals surface area contributed by atoms with Crippen molar-refractivity contribution in [3.63, 3.8) is 0 Å². The summed E-state index contributed by atoms with van der Waals surface area (Å²) in [6.45, 7) is 13.9. The van der Waals surface area contributed by atoms with Gasteiger partial charge in [0.05, 0.1) is 30.5 Å². The maximum atomic E-state index is 12.0. The molecule has 1 saturated heterocycles. The number of fused-ring (bicyclic) bond motifs is 5. The van der Waals surface area contributed by atoms with Crippen LogP contribution in [0.5, 0.6) is 0 Å². The molecular weight excluding hydrogens is 564 g/mol. The normalized spacial score (nSPS) is 48.5. The van der Waals surface area contributed by atoms with Gasteiger partial charge in [0.2, 0.25) is 0 Å². The Morgan fingerprint density at radius 1 is 1.11 bits per heavy atom. The number of esters is 1. The third-order valence-electron chi connectivity index (χ3n) is 12.7. The maximum absolute atomic E-state index is 12.0. The smallest absolute Gasteiger partial charge is 0.303 e. The van der Waals surface area contributed by atoms with Crippen LogP contribution in [0.4, 0.5) is 0 Å². The molecule has 3 saturated carbocycles. The van der Waals surface area contributed by atoms with Crippen LogP contribution in [-0.4, -0.2) is 86.6 Å². The van der Waals surface area contributed by atoms with Gasteiger partial charge in [0.1, 0.15) is 12.2 Å². The molecule has 16 unspecified atom stereocenters. The number of hydrogen-bond donors (Lipinski definition) is 5. The topological polar surface area (TPSA) is 146 Å². The Morgan fingerprint density at radius 2 is 1.82 bits per heavy atom. The second-order valence-electron chi connectivity index (χ2n) is 16.0. The van der Waals surface area contributed by atoms with Gasteiger partial charge in [-0.1, -0.05) is 46.3 Å². The van der Waals surface area contributed by atoms with Crippen molar-refractivity contribution >= 4 is 5.97 Å². The molecule has 0 aromatic heterocycles. The highest BCUT2D eigenvalue weighted by Gasteiger charge is 2.65. The average Bonchev–Trinajstić information content (AvgIpc) is 3.23. The molecule has 0 amide bonds. The van der Waals surface area contributed by atoms with Crippen LogP contribution in [0.25, 0.3) is 0 Å². The number of carbonyl (C=O) groups excluding carboxylic acids is 1. The van der Waals surface area contributed by atoms with Crippen LogP contribution in [0.15, 0.2) is 11.6 Å². The first-order chi connectivity index (χ1) is 20.6. The largest absolute Gasteiger partial charge is 0.454 e. The molecule has 1 heterocycles. The predicted molar refractivity (Wildman–Crippen MR) is 164 cm³/mol. The standard InChI is InChI=1S/C35H58O9/c1-17(2)8-11-25(38)18(3)28-27(44-33-32(43-20(5)36)31(41)30(40)19(4)42-33)15-24-23-10-9-21-14-22(37)12-13-34(21,6)29(23)26(39)16-35(24,28)7/h9,17-19,22-33,37-41H,8,10-16H2,1-7H3. The van der Waals surface area contributed by atoms with E-state index in [1.807, 2.05) is 0 Å². The Kier molecular flexibility index (Phi) is 10.0. The third kappa shape index (κ3) is 6.04. The lowest BCUT2D eigenvalue weighted by molar-refractivity contribution is -0.311. The van der Waals surface area contributed by atoms with Crippen molar-refractivity contribution in [2.45, 2.75) is 155 Å². The number of rotatable bonds is 8. The third-order valence-corrected chi connectivity index (χ3v) is 12.7. The van der Waals surface area contributed by atoms with E-state index < -0.39 is 48.9 Å². The van der Waals surface area contributed by atoms with Gasteiger partial charge in [-0.3, -0.25) is 4.79 Å². The fraction of sp³-hybridized carbons (Fsp3) is 0.914. The van der Waals surface area contributed by atoms with E-state index in [0.29, 0.717) is 31.6 Å². The Labute approximate surface area is 263 Å². The van der Waals surface area contributed by atoms with E-state index in [-0.39, 0.29) is 52.6 Å². The highest BCUT2D eigenvalue weighted by Crippen LogP contribution is 2.68. The summed E-state index contributed by atoms with van der Waals surface area (Å²) in [7, 11) is 0. The van der Waals surface area contributed by atoms with Gasteiger partial charge in [-0.15, -0.1) is 0 Å². The lowest BCUT2D eigenvalue weighted by Gasteiger charge is -2.60. The summed E-state index contributed by atoms with van der Waals surface area (Å²) in [5.74, 6) is 0.0815. The molecule has 9 heteroatoms. The Morgan fingerprint density at radius 3 is 2.48 bits per heavy atom. The number of hydrogen-bond acceptors (Lipinski definition) is 9. The summed E-state index contributed by atoms with van der Waals surface area (Å²) >= 11 is 0. The molecule has 0 radical (unpaired) electrons. The lowest BCUT2D eigenvalue weighted by Crippen LogP contribution is -2.60. The molecule has 5 rings (SSSR count). The molecule has 0 bridgehead atoms. The van der Waals surface area contributed by atoms with Crippen LogP contribution in [-0.2, 0) is 19.0 Å². The zero-order valence-electron chi connectivity index (χ0n) is 27.8. The first kappa shape index (κ1) is 34.3. The van der Waals surface area contributed by atoms with Gasteiger partial charge in [-0.05, 0) is 105 Å². The molecule has 0 spiro atoms. The number of allylic oxidation sites excluding steroid dienone is 1. The van der Waals surface area contributed by atoms with Crippen molar-refractivity contribution in [2.75, 3.05) is 0 Å². The van der Waals surface area contributed by atoms with Crippen molar-refractivity contribution in [3.8, 4) is 0 Å². The van der Waals surface area contributed by atoms with E-state index in [0.717, 1.165) is 25.7 Å². The number of ether oxygens (including phenoxy) is 3. The first-order valence-electron chi connectivity index (χ1n) is 17.2. The molecule has 4 aliphatic carbocycles. The van der Waals surface area contributed by atoms with Gasteiger partial charge in [0.15, 0.2) is 12.4 Å². The lowest BCUT2D eigenvalue weighted by atomic mass is 9.46. The van der Waals surface area contributed by atoms with Gasteiger partial charge in [-0.25, -0.2) is 0 Å². The van der Waals surface area contributed by atoms with Crippen LogP contribution in [0, 0.1) is 46.3 Å². The van der Waals surface area contributed by atoms with E-state index in [1.54, 1.807) is 6.92 Å². The van der Waals surface area contributed by atoms with Crippen molar-refractivity contribution < 1.29 is 44.5 Å². The summed E-state index contributed by atoms with van der Waals surface area (Å²) < 4.78 is 18.3. The van der Waals surface area contributed by atoms with E-state index in [2.05, 4.69) is 40.7 Å². The van der Waals surface area contributed by atoms with Gasteiger partial charge in [0, 0.05) is 6.92 Å². The SMILES string of the molecule is CC(=O)OC1C(OC2CC3C4CC=C5CC(O)CCC5(C)C4C(O)CC3(C)C2C(C)C(O)CCC(C)C)OC(C)C(O)C1O. The molecule has 5 N–H and O–H groups in total. The molecule has 44 heavy (non-hydrogen) atoms. The molecule has 5 aliphatic rings. The number of aliphatic hydroxyl groups is 5. The van der Waals surface area contributed by atoms with E-state index >= 15 is 0 Å². The molecule has 0 aromatic rings. The monoisotopic (exact) mass is 622 g/mol. The van der Waals surface area contributed by atoms with E-state index in [1.165, 1.54) is 12.5 Å². The molecular formula is C35H58O9. The minimum atomic E-state index is -1.37. The number of aliphatic hydroxyl groups excluding tert-OH is 5. The highest BCUT2D eigenvalue weighted by molar-refractivity contribution is 5.66. The van der Waals surface area contributed by atoms with Crippen LogP contribution in [0.1, 0.15) is 99.8 Å².